The van der Waals surface area contributed by atoms with Gasteiger partial charge in [0.25, 0.3) is 0 Å². The van der Waals surface area contributed by atoms with Crippen molar-refractivity contribution in [1.82, 2.24) is 0 Å². The van der Waals surface area contributed by atoms with E-state index in [-0.39, 0.29) is 4.90 Å². The predicted octanol–water partition coefficient (Wildman–Crippen LogP) is 2.42. The van der Waals surface area contributed by atoms with Gasteiger partial charge in [0.1, 0.15) is 0 Å². The molecule has 0 saturated carbocycles. The molecule has 1 fully saturated rings. The highest BCUT2D eigenvalue weighted by molar-refractivity contribution is 7.91. The van der Waals surface area contributed by atoms with Crippen LogP contribution in [0, 0.1) is 0 Å². The summed E-state index contributed by atoms with van der Waals surface area (Å²) in [5.74, 6) is -3.41. The van der Waals surface area contributed by atoms with Gasteiger partial charge in [-0.15, -0.1) is 0 Å². The van der Waals surface area contributed by atoms with Gasteiger partial charge in [-0.2, -0.15) is 8.78 Å². The molecular formula is C14H19F2NO3S. The van der Waals surface area contributed by atoms with Crippen molar-refractivity contribution in [2.45, 2.75) is 42.4 Å². The number of halogens is 2. The van der Waals surface area contributed by atoms with Gasteiger partial charge in [-0.25, -0.2) is 8.42 Å². The molecule has 1 aliphatic rings. The molecule has 0 amide bonds. The predicted molar refractivity (Wildman–Crippen MR) is 76.3 cm³/mol. The molecule has 1 aromatic carbocycles. The Labute approximate surface area is 123 Å². The van der Waals surface area contributed by atoms with Crippen molar-refractivity contribution in [3.05, 3.63) is 24.3 Å². The van der Waals surface area contributed by atoms with Crippen LogP contribution in [0.2, 0.25) is 0 Å². The van der Waals surface area contributed by atoms with Crippen molar-refractivity contribution in [3.8, 4) is 0 Å². The molecule has 1 heterocycles. The number of sulfone groups is 1. The van der Waals surface area contributed by atoms with E-state index in [0.717, 1.165) is 18.7 Å². The van der Waals surface area contributed by atoms with E-state index in [4.69, 9.17) is 0 Å². The summed E-state index contributed by atoms with van der Waals surface area (Å²) in [4.78, 5) is 1.66. The summed E-state index contributed by atoms with van der Waals surface area (Å²) >= 11 is 0. The number of rotatable bonds is 3. The molecular weight excluding hydrogens is 300 g/mol. The van der Waals surface area contributed by atoms with Crippen molar-refractivity contribution in [2.24, 2.45) is 0 Å². The Morgan fingerprint density at radius 1 is 1.19 bits per heavy atom. The first kappa shape index (κ1) is 16.2. The van der Waals surface area contributed by atoms with Crippen LogP contribution in [0.4, 0.5) is 14.5 Å². The molecule has 4 nitrogen and oxygen atoms in total. The number of benzene rings is 1. The van der Waals surface area contributed by atoms with Crippen molar-refractivity contribution in [3.63, 3.8) is 0 Å². The number of hydrogen-bond donors (Lipinski definition) is 1. The van der Waals surface area contributed by atoms with Crippen LogP contribution in [0.3, 0.4) is 0 Å². The molecule has 0 spiro atoms. The lowest BCUT2D eigenvalue weighted by molar-refractivity contribution is 0.0481. The Hall–Kier alpha value is -1.21. The minimum Gasteiger partial charge on any atom is -0.390 e. The standard InChI is InChI=1S/C14H19F2NO3S/c1-14(18)7-2-9-17(10-8-14)11-3-5-12(6-4-11)21(19,20)13(15)16/h3-6,13,18H,2,7-10H2,1H3. The SMILES string of the molecule is CC1(O)CCCN(c2ccc(S(=O)(=O)C(F)F)cc2)CC1. The average molecular weight is 319 g/mol. The first-order valence-corrected chi connectivity index (χ1v) is 8.36. The Kier molecular flexibility index (Phi) is 4.53. The highest BCUT2D eigenvalue weighted by atomic mass is 32.2. The van der Waals surface area contributed by atoms with Crippen LogP contribution in [0.15, 0.2) is 29.2 Å². The molecule has 0 radical (unpaired) electrons. The molecule has 1 aliphatic heterocycles. The Balaban J connectivity index is 2.16. The summed E-state index contributed by atoms with van der Waals surface area (Å²) in [7, 11) is -4.54. The molecule has 1 saturated heterocycles. The monoisotopic (exact) mass is 319 g/mol. The largest absolute Gasteiger partial charge is 0.390 e. The number of anilines is 1. The molecule has 0 aliphatic carbocycles. The van der Waals surface area contributed by atoms with Gasteiger partial charge in [0.2, 0.25) is 9.84 Å². The van der Waals surface area contributed by atoms with E-state index >= 15 is 0 Å². The second-order valence-electron chi connectivity index (χ2n) is 5.64. The highest BCUT2D eigenvalue weighted by Gasteiger charge is 2.27. The van der Waals surface area contributed by atoms with Crippen LogP contribution in [-0.4, -0.2) is 38.0 Å². The third kappa shape index (κ3) is 3.71. The van der Waals surface area contributed by atoms with Gasteiger partial charge in [-0.3, -0.25) is 0 Å². The van der Waals surface area contributed by atoms with Crippen molar-refractivity contribution in [2.75, 3.05) is 18.0 Å². The Morgan fingerprint density at radius 3 is 2.38 bits per heavy atom. The van der Waals surface area contributed by atoms with Gasteiger partial charge in [0.15, 0.2) is 0 Å². The molecule has 0 aromatic heterocycles. The average Bonchev–Trinajstić information content (AvgIpc) is 2.60. The summed E-state index contributed by atoms with van der Waals surface area (Å²) < 4.78 is 47.7. The van der Waals surface area contributed by atoms with Crippen molar-refractivity contribution in [1.29, 1.82) is 0 Å². The van der Waals surface area contributed by atoms with Crippen LogP contribution in [0.5, 0.6) is 0 Å². The maximum Gasteiger partial charge on any atom is 0.341 e. The molecule has 1 aromatic rings. The molecule has 1 atom stereocenters. The van der Waals surface area contributed by atoms with Crippen LogP contribution in [-0.2, 0) is 9.84 Å². The van der Waals surface area contributed by atoms with E-state index < -0.39 is 21.2 Å². The molecule has 21 heavy (non-hydrogen) atoms. The van der Waals surface area contributed by atoms with E-state index in [1.807, 2.05) is 4.90 Å². The third-order valence-electron chi connectivity index (χ3n) is 3.83. The molecule has 1 N–H and O–H groups in total. The van der Waals surface area contributed by atoms with Crippen LogP contribution in [0.1, 0.15) is 26.2 Å². The second-order valence-corrected chi connectivity index (χ2v) is 7.55. The van der Waals surface area contributed by atoms with Gasteiger partial charge < -0.3 is 10.0 Å². The van der Waals surface area contributed by atoms with Gasteiger partial charge in [-0.1, -0.05) is 0 Å². The summed E-state index contributed by atoms with van der Waals surface area (Å²) in [6, 6.07) is 5.49. The summed E-state index contributed by atoms with van der Waals surface area (Å²) in [5, 5.41) is 10.0. The van der Waals surface area contributed by atoms with Crippen LogP contribution < -0.4 is 4.90 Å². The van der Waals surface area contributed by atoms with Gasteiger partial charge >= 0.3 is 5.76 Å². The lowest BCUT2D eigenvalue weighted by Crippen LogP contribution is -2.28. The summed E-state index contributed by atoms with van der Waals surface area (Å²) in [6.07, 6.45) is 2.15. The Morgan fingerprint density at radius 2 is 1.81 bits per heavy atom. The van der Waals surface area contributed by atoms with E-state index in [9.17, 15) is 22.3 Å². The van der Waals surface area contributed by atoms with E-state index in [2.05, 4.69) is 0 Å². The fourth-order valence-electron chi connectivity index (χ4n) is 2.47. The normalized spacial score (nSPS) is 24.1. The number of nitrogens with zero attached hydrogens (tertiary/aromatic N) is 1. The third-order valence-corrected chi connectivity index (χ3v) is 5.23. The van der Waals surface area contributed by atoms with E-state index in [1.165, 1.54) is 24.3 Å². The first-order chi connectivity index (χ1) is 9.72. The maximum atomic E-state index is 12.5. The van der Waals surface area contributed by atoms with Crippen LogP contribution in [0.25, 0.3) is 0 Å². The highest BCUT2D eigenvalue weighted by Crippen LogP contribution is 2.27. The van der Waals surface area contributed by atoms with E-state index in [0.29, 0.717) is 19.4 Å². The van der Waals surface area contributed by atoms with Crippen molar-refractivity contribution >= 4 is 15.5 Å². The molecule has 118 valence electrons. The zero-order valence-electron chi connectivity index (χ0n) is 11.8. The topological polar surface area (TPSA) is 57.6 Å². The van der Waals surface area contributed by atoms with Crippen LogP contribution >= 0.6 is 0 Å². The summed E-state index contributed by atoms with van der Waals surface area (Å²) in [6.45, 7) is 3.19. The molecule has 7 heteroatoms. The number of alkyl halides is 2. The second kappa shape index (κ2) is 5.88. The fourth-order valence-corrected chi connectivity index (χ4v) is 3.19. The van der Waals surface area contributed by atoms with Gasteiger partial charge in [0, 0.05) is 18.8 Å². The molecule has 2 rings (SSSR count). The van der Waals surface area contributed by atoms with E-state index in [1.54, 1.807) is 6.92 Å². The minimum absolute atomic E-state index is 0.372. The molecule has 1 unspecified atom stereocenters. The zero-order chi connectivity index (χ0) is 15.7. The summed E-state index contributed by atoms with van der Waals surface area (Å²) in [5.41, 5.74) is 0.0918. The Bertz CT molecular complexity index is 585. The number of hydrogen-bond acceptors (Lipinski definition) is 4. The first-order valence-electron chi connectivity index (χ1n) is 6.82. The minimum atomic E-state index is -4.54. The smallest absolute Gasteiger partial charge is 0.341 e. The quantitative estimate of drug-likeness (QED) is 0.929. The maximum absolute atomic E-state index is 12.5. The van der Waals surface area contributed by atoms with Crippen molar-refractivity contribution < 1.29 is 22.3 Å². The number of aliphatic hydroxyl groups is 1. The lowest BCUT2D eigenvalue weighted by atomic mass is 9.98. The lowest BCUT2D eigenvalue weighted by Gasteiger charge is -2.24. The van der Waals surface area contributed by atoms with Gasteiger partial charge in [0.05, 0.1) is 10.5 Å². The molecule has 0 bridgehead atoms. The fraction of sp³-hybridized carbons (Fsp3) is 0.571. The van der Waals surface area contributed by atoms with Gasteiger partial charge in [-0.05, 0) is 50.5 Å². The zero-order valence-corrected chi connectivity index (χ0v) is 12.6.